The van der Waals surface area contributed by atoms with E-state index in [2.05, 4.69) is 31.0 Å². The third kappa shape index (κ3) is 4.36. The van der Waals surface area contributed by atoms with Gasteiger partial charge in [-0.05, 0) is 55.7 Å². The van der Waals surface area contributed by atoms with Crippen molar-refractivity contribution in [3.8, 4) is 0 Å². The first-order valence-electron chi connectivity index (χ1n) is 8.70. The van der Waals surface area contributed by atoms with Crippen molar-refractivity contribution in [3.05, 3.63) is 58.4 Å². The molecule has 0 unspecified atom stereocenters. The Kier molecular flexibility index (Phi) is 5.62. The molecule has 142 valence electrons. The van der Waals surface area contributed by atoms with Gasteiger partial charge in [0, 0.05) is 13.5 Å². The zero-order chi connectivity index (χ0) is 19.6. The molecule has 5 nitrogen and oxygen atoms in total. The minimum Gasteiger partial charge on any atom is -0.319 e. The van der Waals surface area contributed by atoms with E-state index >= 15 is 0 Å². The Morgan fingerprint density at radius 1 is 1.11 bits per heavy atom. The first-order chi connectivity index (χ1) is 12.8. The van der Waals surface area contributed by atoms with Crippen molar-refractivity contribution in [1.29, 1.82) is 0 Å². The predicted molar refractivity (Wildman–Crippen MR) is 109 cm³/mol. The number of carbonyl (C=O) groups is 1. The van der Waals surface area contributed by atoms with Gasteiger partial charge in [-0.25, -0.2) is 8.42 Å². The molecule has 1 heterocycles. The number of benzene rings is 2. The molecule has 27 heavy (non-hydrogen) atoms. The Morgan fingerprint density at radius 3 is 2.48 bits per heavy atom. The van der Waals surface area contributed by atoms with Crippen molar-refractivity contribution in [2.45, 2.75) is 31.6 Å². The highest BCUT2D eigenvalue weighted by Crippen LogP contribution is 2.21. The molecule has 0 aliphatic carbocycles. The van der Waals surface area contributed by atoms with Crippen molar-refractivity contribution < 1.29 is 13.2 Å². The summed E-state index contributed by atoms with van der Waals surface area (Å²) in [6, 6.07) is 12.5. The van der Waals surface area contributed by atoms with Crippen LogP contribution in [0, 0.1) is 13.8 Å². The zero-order valence-electron chi connectivity index (χ0n) is 15.6. The third-order valence-corrected chi connectivity index (χ3v) is 7.46. The highest BCUT2D eigenvalue weighted by atomic mass is 32.2. The summed E-state index contributed by atoms with van der Waals surface area (Å²) < 4.78 is 27.5. The minimum atomic E-state index is -3.36. The lowest BCUT2D eigenvalue weighted by molar-refractivity contribution is -0.118. The van der Waals surface area contributed by atoms with E-state index in [1.54, 1.807) is 30.3 Å². The van der Waals surface area contributed by atoms with Gasteiger partial charge < -0.3 is 4.57 Å². The van der Waals surface area contributed by atoms with Crippen LogP contribution in [0.5, 0.6) is 0 Å². The van der Waals surface area contributed by atoms with Crippen LogP contribution in [0.3, 0.4) is 0 Å². The van der Waals surface area contributed by atoms with Crippen molar-refractivity contribution in [2.75, 3.05) is 5.75 Å². The number of hydrogen-bond donors (Lipinski definition) is 0. The molecule has 0 fully saturated rings. The lowest BCUT2D eigenvalue weighted by Gasteiger charge is -2.03. The lowest BCUT2D eigenvalue weighted by Crippen LogP contribution is -2.14. The topological polar surface area (TPSA) is 68.5 Å². The number of fused-ring (bicyclic) bond motifs is 1. The lowest BCUT2D eigenvalue weighted by atomic mass is 10.1. The second kappa shape index (κ2) is 7.78. The Balaban J connectivity index is 1.72. The normalized spacial score (nSPS) is 12.6. The van der Waals surface area contributed by atoms with Gasteiger partial charge in [-0.2, -0.15) is 4.99 Å². The van der Waals surface area contributed by atoms with Crippen LogP contribution in [0.2, 0.25) is 0 Å². The molecule has 0 spiro atoms. The molecule has 0 saturated heterocycles. The molecule has 3 aromatic rings. The maximum atomic E-state index is 12.3. The van der Waals surface area contributed by atoms with E-state index in [0.717, 1.165) is 10.2 Å². The fourth-order valence-electron chi connectivity index (χ4n) is 2.81. The number of sulfone groups is 1. The summed E-state index contributed by atoms with van der Waals surface area (Å²) in [5, 5.41) is 0. The SMILES string of the molecule is Cc1cc2sc(=NC(=O)CCCS(=O)(=O)c3ccccc3)n(C)c2cc1C. The molecule has 7 heteroatoms. The molecule has 1 aromatic heterocycles. The fraction of sp³-hybridized carbons (Fsp3) is 0.300. The number of aryl methyl sites for hydroxylation is 3. The molecule has 0 aliphatic rings. The molecule has 3 rings (SSSR count). The van der Waals surface area contributed by atoms with Gasteiger partial charge in [-0.3, -0.25) is 4.79 Å². The molecule has 0 radical (unpaired) electrons. The van der Waals surface area contributed by atoms with Crippen molar-refractivity contribution >= 4 is 37.3 Å². The Bertz CT molecular complexity index is 1160. The third-order valence-electron chi connectivity index (χ3n) is 4.55. The number of nitrogens with zero attached hydrogens (tertiary/aromatic N) is 2. The average molecular weight is 403 g/mol. The van der Waals surface area contributed by atoms with Gasteiger partial charge in [0.2, 0.25) is 5.91 Å². The second-order valence-electron chi connectivity index (χ2n) is 6.59. The van der Waals surface area contributed by atoms with Crippen LogP contribution in [-0.4, -0.2) is 24.6 Å². The summed E-state index contributed by atoms with van der Waals surface area (Å²) in [6.07, 6.45) is 0.366. The number of hydrogen-bond acceptors (Lipinski definition) is 4. The van der Waals surface area contributed by atoms with E-state index in [-0.39, 0.29) is 29.4 Å². The van der Waals surface area contributed by atoms with Crippen molar-refractivity contribution in [2.24, 2.45) is 12.0 Å². The monoisotopic (exact) mass is 402 g/mol. The minimum absolute atomic E-state index is 0.0603. The van der Waals surface area contributed by atoms with Gasteiger partial charge in [-0.1, -0.05) is 29.5 Å². The molecule has 1 amide bonds. The van der Waals surface area contributed by atoms with Gasteiger partial charge in [0.1, 0.15) is 0 Å². The summed E-state index contributed by atoms with van der Waals surface area (Å²) in [6.45, 7) is 4.12. The average Bonchev–Trinajstić information content (AvgIpc) is 2.91. The summed E-state index contributed by atoms with van der Waals surface area (Å²) >= 11 is 1.47. The highest BCUT2D eigenvalue weighted by molar-refractivity contribution is 7.91. The van der Waals surface area contributed by atoms with E-state index in [1.807, 2.05) is 11.6 Å². The van der Waals surface area contributed by atoms with Gasteiger partial charge in [0.15, 0.2) is 14.6 Å². The van der Waals surface area contributed by atoms with Crippen molar-refractivity contribution in [1.82, 2.24) is 4.57 Å². The summed E-state index contributed by atoms with van der Waals surface area (Å²) in [5.41, 5.74) is 3.44. The maximum Gasteiger partial charge on any atom is 0.248 e. The van der Waals surface area contributed by atoms with E-state index in [4.69, 9.17) is 0 Å². The molecule has 0 aliphatic heterocycles. The molecular formula is C20H22N2O3S2. The largest absolute Gasteiger partial charge is 0.319 e. The van der Waals surface area contributed by atoms with Crippen LogP contribution < -0.4 is 4.80 Å². The van der Waals surface area contributed by atoms with E-state index in [9.17, 15) is 13.2 Å². The Labute approximate surface area is 162 Å². The number of rotatable bonds is 5. The molecule has 0 bridgehead atoms. The molecule has 0 atom stereocenters. The first-order valence-corrected chi connectivity index (χ1v) is 11.2. The maximum absolute atomic E-state index is 12.3. The summed E-state index contributed by atoms with van der Waals surface area (Å²) in [4.78, 5) is 17.3. The predicted octanol–water partition coefficient (Wildman–Crippen LogP) is 3.54. The number of amides is 1. The standard InChI is InChI=1S/C20H22N2O3S2/c1-14-12-17-18(13-15(14)2)26-20(22(17)3)21-19(23)10-7-11-27(24,25)16-8-5-4-6-9-16/h4-6,8-9,12-13H,7,10-11H2,1-3H3. The number of thiazole rings is 1. The van der Waals surface area contributed by atoms with Crippen LogP contribution in [0.25, 0.3) is 10.2 Å². The molecule has 2 aromatic carbocycles. The smallest absolute Gasteiger partial charge is 0.248 e. The fourth-order valence-corrected chi connectivity index (χ4v) is 5.26. The van der Waals surface area contributed by atoms with Crippen LogP contribution in [0.4, 0.5) is 0 Å². The molecular weight excluding hydrogens is 380 g/mol. The summed E-state index contributed by atoms with van der Waals surface area (Å²) in [5.74, 6) is -0.358. The van der Waals surface area contributed by atoms with Crippen LogP contribution >= 0.6 is 11.3 Å². The van der Waals surface area contributed by atoms with Crippen LogP contribution in [0.15, 0.2) is 52.4 Å². The molecule has 0 N–H and O–H groups in total. The second-order valence-corrected chi connectivity index (χ2v) is 9.71. The van der Waals surface area contributed by atoms with Crippen LogP contribution in [0.1, 0.15) is 24.0 Å². The zero-order valence-corrected chi connectivity index (χ0v) is 17.2. The Morgan fingerprint density at radius 2 is 1.78 bits per heavy atom. The Hall–Kier alpha value is -2.25. The van der Waals surface area contributed by atoms with E-state index in [1.165, 1.54) is 22.5 Å². The van der Waals surface area contributed by atoms with Gasteiger partial charge in [-0.15, -0.1) is 0 Å². The van der Waals surface area contributed by atoms with Gasteiger partial charge in [0.05, 0.1) is 20.9 Å². The number of aromatic nitrogens is 1. The first kappa shape index (κ1) is 19.5. The highest BCUT2D eigenvalue weighted by Gasteiger charge is 2.14. The van der Waals surface area contributed by atoms with Gasteiger partial charge >= 0.3 is 0 Å². The van der Waals surface area contributed by atoms with E-state index in [0.29, 0.717) is 4.80 Å². The molecule has 0 saturated carbocycles. The van der Waals surface area contributed by atoms with Crippen LogP contribution in [-0.2, 0) is 21.7 Å². The quantitative estimate of drug-likeness (QED) is 0.655. The van der Waals surface area contributed by atoms with E-state index < -0.39 is 9.84 Å². The van der Waals surface area contributed by atoms with Gasteiger partial charge in [0.25, 0.3) is 0 Å². The van der Waals surface area contributed by atoms with Crippen molar-refractivity contribution in [3.63, 3.8) is 0 Å². The number of carbonyl (C=O) groups excluding carboxylic acids is 1. The summed E-state index contributed by atoms with van der Waals surface area (Å²) in [7, 11) is -1.48.